The zero-order valence-electron chi connectivity index (χ0n) is 16.6. The minimum absolute atomic E-state index is 0.120. The van der Waals surface area contributed by atoms with E-state index in [0.29, 0.717) is 36.1 Å². The number of carbonyl (C=O) groups excluding carboxylic acids is 1. The highest BCUT2D eigenvalue weighted by Gasteiger charge is 2.16. The summed E-state index contributed by atoms with van der Waals surface area (Å²) in [6.45, 7) is 1.20. The van der Waals surface area contributed by atoms with Gasteiger partial charge in [-0.15, -0.1) is 0 Å². The van der Waals surface area contributed by atoms with Crippen molar-refractivity contribution in [2.45, 2.75) is 44.6 Å². The van der Waals surface area contributed by atoms with Crippen LogP contribution >= 0.6 is 0 Å². The monoisotopic (exact) mass is 389 g/mol. The second-order valence-electron chi connectivity index (χ2n) is 7.56. The van der Waals surface area contributed by atoms with E-state index in [4.69, 9.17) is 4.74 Å². The number of hydrogen-bond acceptors (Lipinski definition) is 3. The second-order valence-corrected chi connectivity index (χ2v) is 7.56. The van der Waals surface area contributed by atoms with Crippen molar-refractivity contribution >= 4 is 11.6 Å². The average Bonchev–Trinajstić information content (AvgIpc) is 3.29. The Morgan fingerprint density at radius 1 is 1.07 bits per heavy atom. The normalized spacial score (nSPS) is 14.5. The molecule has 1 aromatic heterocycles. The number of nitrogens with zero attached hydrogens (tertiary/aromatic N) is 2. The fraction of sp³-hybridized carbons (Fsp3) is 0.333. The summed E-state index contributed by atoms with van der Waals surface area (Å²) in [5, 5.41) is 2.99. The molecule has 2 aromatic carbocycles. The van der Waals surface area contributed by atoms with Gasteiger partial charge >= 0.3 is 0 Å². The summed E-state index contributed by atoms with van der Waals surface area (Å²) in [6.07, 6.45) is 11.9. The van der Waals surface area contributed by atoms with Crippen molar-refractivity contribution in [2.75, 3.05) is 11.9 Å². The number of hydrogen-bond donors (Lipinski definition) is 1. The second kappa shape index (κ2) is 9.41. The first-order chi connectivity index (χ1) is 14.3. The predicted molar refractivity (Wildman–Crippen MR) is 114 cm³/mol. The minimum atomic E-state index is -0.120. The number of aromatic nitrogens is 2. The Morgan fingerprint density at radius 2 is 1.86 bits per heavy atom. The quantitative estimate of drug-likeness (QED) is 0.599. The molecule has 0 unspecified atom stereocenters. The molecule has 5 heteroatoms. The summed E-state index contributed by atoms with van der Waals surface area (Å²) in [7, 11) is 0. The summed E-state index contributed by atoms with van der Waals surface area (Å²) in [5.41, 5.74) is 2.70. The molecule has 1 heterocycles. The number of para-hydroxylation sites is 2. The molecule has 150 valence electrons. The molecule has 1 aliphatic rings. The van der Waals surface area contributed by atoms with Gasteiger partial charge in [0.05, 0.1) is 18.6 Å². The number of ether oxygens (including phenoxy) is 1. The molecule has 1 saturated carbocycles. The Morgan fingerprint density at radius 3 is 2.62 bits per heavy atom. The Bertz CT molecular complexity index is 914. The van der Waals surface area contributed by atoms with E-state index in [2.05, 4.69) is 22.4 Å². The van der Waals surface area contributed by atoms with Crippen LogP contribution in [0.25, 0.3) is 0 Å². The van der Waals surface area contributed by atoms with E-state index in [1.54, 1.807) is 12.5 Å². The molecule has 1 amide bonds. The van der Waals surface area contributed by atoms with Gasteiger partial charge in [0, 0.05) is 18.0 Å². The van der Waals surface area contributed by atoms with Crippen LogP contribution in [0.2, 0.25) is 0 Å². The maximum Gasteiger partial charge on any atom is 0.255 e. The molecule has 0 radical (unpaired) electrons. The molecule has 0 aliphatic heterocycles. The number of anilines is 1. The van der Waals surface area contributed by atoms with Crippen molar-refractivity contribution in [3.05, 3.63) is 78.4 Å². The van der Waals surface area contributed by atoms with Gasteiger partial charge in [0.1, 0.15) is 12.4 Å². The number of nitrogens with one attached hydrogen (secondary N) is 1. The topological polar surface area (TPSA) is 56.1 Å². The van der Waals surface area contributed by atoms with E-state index < -0.39 is 0 Å². The molecule has 0 bridgehead atoms. The van der Waals surface area contributed by atoms with Crippen molar-refractivity contribution < 1.29 is 9.53 Å². The van der Waals surface area contributed by atoms with E-state index in [-0.39, 0.29) is 5.91 Å². The summed E-state index contributed by atoms with van der Waals surface area (Å²) >= 11 is 0. The zero-order chi connectivity index (χ0) is 19.9. The van der Waals surface area contributed by atoms with Crippen LogP contribution in [-0.2, 0) is 6.54 Å². The van der Waals surface area contributed by atoms with E-state index in [0.717, 1.165) is 0 Å². The van der Waals surface area contributed by atoms with Gasteiger partial charge < -0.3 is 14.6 Å². The number of imidazole rings is 1. The van der Waals surface area contributed by atoms with Crippen LogP contribution in [0.3, 0.4) is 0 Å². The fourth-order valence-corrected chi connectivity index (χ4v) is 3.91. The Hall–Kier alpha value is -3.08. The van der Waals surface area contributed by atoms with E-state index in [9.17, 15) is 4.79 Å². The third kappa shape index (κ3) is 5.05. The first kappa shape index (κ1) is 19.2. The molecular formula is C24H27N3O2. The predicted octanol–water partition coefficient (Wildman–Crippen LogP) is 5.26. The van der Waals surface area contributed by atoms with Gasteiger partial charge in [-0.3, -0.25) is 4.79 Å². The Balaban J connectivity index is 1.37. The lowest BCUT2D eigenvalue weighted by Crippen LogP contribution is -2.14. The third-order valence-electron chi connectivity index (χ3n) is 5.55. The molecule has 1 N–H and O–H groups in total. The Kier molecular flexibility index (Phi) is 6.25. The number of amides is 1. The maximum absolute atomic E-state index is 12.7. The van der Waals surface area contributed by atoms with E-state index >= 15 is 0 Å². The molecule has 0 saturated heterocycles. The number of benzene rings is 2. The lowest BCUT2D eigenvalue weighted by atomic mass is 9.84. The SMILES string of the molecule is O=C(Nc1ccccc1OCCn1ccnc1)c1ccc(C2CCCCC2)cc1. The van der Waals surface area contributed by atoms with Crippen molar-refractivity contribution in [2.24, 2.45) is 0 Å². The lowest BCUT2D eigenvalue weighted by molar-refractivity contribution is 0.102. The third-order valence-corrected chi connectivity index (χ3v) is 5.55. The van der Waals surface area contributed by atoms with Crippen molar-refractivity contribution in [1.29, 1.82) is 0 Å². The van der Waals surface area contributed by atoms with Crippen molar-refractivity contribution in [1.82, 2.24) is 9.55 Å². The first-order valence-corrected chi connectivity index (χ1v) is 10.4. The van der Waals surface area contributed by atoms with Crippen LogP contribution in [0.4, 0.5) is 5.69 Å². The minimum Gasteiger partial charge on any atom is -0.490 e. The summed E-state index contributed by atoms with van der Waals surface area (Å²) in [6, 6.07) is 15.6. The van der Waals surface area contributed by atoms with Crippen LogP contribution in [0.15, 0.2) is 67.3 Å². The number of carbonyl (C=O) groups is 1. The van der Waals surface area contributed by atoms with Crippen molar-refractivity contribution in [3.63, 3.8) is 0 Å². The smallest absolute Gasteiger partial charge is 0.255 e. The molecule has 29 heavy (non-hydrogen) atoms. The van der Waals surface area contributed by atoms with Crippen LogP contribution < -0.4 is 10.1 Å². The standard InChI is InChI=1S/C24H27N3O2/c28-24(21-12-10-20(11-13-21)19-6-2-1-3-7-19)26-22-8-4-5-9-23(22)29-17-16-27-15-14-25-18-27/h4-5,8-15,18-19H,1-3,6-7,16-17H2,(H,26,28). The average molecular weight is 389 g/mol. The van der Waals surface area contributed by atoms with Gasteiger partial charge in [-0.05, 0) is 48.6 Å². The first-order valence-electron chi connectivity index (χ1n) is 10.4. The van der Waals surface area contributed by atoms with Crippen LogP contribution in [0, 0.1) is 0 Å². The van der Waals surface area contributed by atoms with Gasteiger partial charge in [0.25, 0.3) is 5.91 Å². The van der Waals surface area contributed by atoms with Crippen LogP contribution in [-0.4, -0.2) is 22.1 Å². The molecule has 3 aromatic rings. The zero-order valence-corrected chi connectivity index (χ0v) is 16.6. The molecule has 5 nitrogen and oxygen atoms in total. The number of rotatable bonds is 7. The molecular weight excluding hydrogens is 362 g/mol. The summed E-state index contributed by atoms with van der Waals surface area (Å²) in [5.74, 6) is 1.19. The van der Waals surface area contributed by atoms with Gasteiger partial charge in [0.15, 0.2) is 0 Å². The summed E-state index contributed by atoms with van der Waals surface area (Å²) < 4.78 is 7.84. The van der Waals surface area contributed by atoms with E-state index in [1.807, 2.05) is 47.2 Å². The largest absolute Gasteiger partial charge is 0.490 e. The summed E-state index contributed by atoms with van der Waals surface area (Å²) in [4.78, 5) is 16.8. The molecule has 0 spiro atoms. The highest BCUT2D eigenvalue weighted by atomic mass is 16.5. The van der Waals surface area contributed by atoms with Gasteiger partial charge in [-0.2, -0.15) is 0 Å². The molecule has 1 fully saturated rings. The molecule has 4 rings (SSSR count). The van der Waals surface area contributed by atoms with Crippen LogP contribution in [0.5, 0.6) is 5.75 Å². The van der Waals surface area contributed by atoms with Gasteiger partial charge in [-0.25, -0.2) is 4.98 Å². The van der Waals surface area contributed by atoms with E-state index in [1.165, 1.54) is 37.7 Å². The van der Waals surface area contributed by atoms with Gasteiger partial charge in [0.2, 0.25) is 0 Å². The van der Waals surface area contributed by atoms with Crippen molar-refractivity contribution in [3.8, 4) is 5.75 Å². The highest BCUT2D eigenvalue weighted by Crippen LogP contribution is 2.32. The van der Waals surface area contributed by atoms with Crippen LogP contribution in [0.1, 0.15) is 53.9 Å². The molecule has 1 aliphatic carbocycles. The maximum atomic E-state index is 12.7. The molecule has 0 atom stereocenters. The van der Waals surface area contributed by atoms with Gasteiger partial charge in [-0.1, -0.05) is 43.5 Å². The fourth-order valence-electron chi connectivity index (χ4n) is 3.91. The Labute approximate surface area is 171 Å². The lowest BCUT2D eigenvalue weighted by Gasteiger charge is -2.22. The highest BCUT2D eigenvalue weighted by molar-refractivity contribution is 6.05.